The quantitative estimate of drug-likeness (QED) is 0.769. The van der Waals surface area contributed by atoms with Gasteiger partial charge in [-0.25, -0.2) is 0 Å². The fourth-order valence-electron chi connectivity index (χ4n) is 1.65. The Kier molecular flexibility index (Phi) is 6.83. The van der Waals surface area contributed by atoms with Crippen LogP contribution in [0.5, 0.6) is 0 Å². The molecule has 100 valence electrons. The van der Waals surface area contributed by atoms with Crippen molar-refractivity contribution in [3.8, 4) is 0 Å². The monoisotopic (exact) mass is 266 g/mol. The van der Waals surface area contributed by atoms with E-state index in [2.05, 4.69) is 31.2 Å². The molecule has 0 fully saturated rings. The Morgan fingerprint density at radius 1 is 1.33 bits per heavy atom. The molecule has 0 radical (unpaired) electrons. The highest BCUT2D eigenvalue weighted by molar-refractivity contribution is 7.99. The van der Waals surface area contributed by atoms with Crippen LogP contribution < -0.4 is 5.73 Å². The minimum Gasteiger partial charge on any atom is -0.345 e. The van der Waals surface area contributed by atoms with Gasteiger partial charge in [-0.05, 0) is 29.9 Å². The molecule has 0 heterocycles. The minimum absolute atomic E-state index is 0.121. The van der Waals surface area contributed by atoms with E-state index in [1.54, 1.807) is 4.90 Å². The zero-order chi connectivity index (χ0) is 13.4. The van der Waals surface area contributed by atoms with E-state index in [4.69, 9.17) is 5.73 Å². The van der Waals surface area contributed by atoms with Crippen molar-refractivity contribution < 1.29 is 4.79 Å². The third kappa shape index (κ3) is 5.10. The van der Waals surface area contributed by atoms with Crippen molar-refractivity contribution in [1.29, 1.82) is 0 Å². The predicted octanol–water partition coefficient (Wildman–Crippen LogP) is 2.15. The molecular weight excluding hydrogens is 244 g/mol. The summed E-state index contributed by atoms with van der Waals surface area (Å²) in [7, 11) is 1.83. The largest absolute Gasteiger partial charge is 0.345 e. The van der Waals surface area contributed by atoms with Gasteiger partial charge >= 0.3 is 0 Å². The number of benzene rings is 1. The first-order valence-electron chi connectivity index (χ1n) is 6.33. The molecule has 0 saturated heterocycles. The lowest BCUT2D eigenvalue weighted by Crippen LogP contribution is -2.30. The number of thioether (sulfide) groups is 1. The lowest BCUT2D eigenvalue weighted by Gasteiger charge is -2.16. The maximum absolute atomic E-state index is 11.5. The zero-order valence-electron chi connectivity index (χ0n) is 11.2. The second-order valence-electron chi connectivity index (χ2n) is 4.18. The maximum Gasteiger partial charge on any atom is 0.223 e. The van der Waals surface area contributed by atoms with E-state index in [9.17, 15) is 4.79 Å². The molecule has 0 aliphatic carbocycles. The van der Waals surface area contributed by atoms with E-state index < -0.39 is 0 Å². The van der Waals surface area contributed by atoms with Gasteiger partial charge in [0.15, 0.2) is 0 Å². The van der Waals surface area contributed by atoms with Crippen molar-refractivity contribution in [2.45, 2.75) is 24.7 Å². The number of nitrogens with two attached hydrogens (primary N) is 1. The van der Waals surface area contributed by atoms with Crippen LogP contribution in [-0.4, -0.2) is 36.7 Å². The van der Waals surface area contributed by atoms with E-state index >= 15 is 0 Å². The standard InChI is InChI=1S/C14H22N2OS/c1-3-18-13-6-4-12(5-7-13)9-11-16(2)14(17)8-10-15/h4-7H,3,8-11,15H2,1-2H3. The van der Waals surface area contributed by atoms with Crippen molar-refractivity contribution in [3.05, 3.63) is 29.8 Å². The smallest absolute Gasteiger partial charge is 0.223 e. The van der Waals surface area contributed by atoms with Crippen LogP contribution in [-0.2, 0) is 11.2 Å². The molecule has 0 bridgehead atoms. The summed E-state index contributed by atoms with van der Waals surface area (Å²) >= 11 is 1.84. The Hall–Kier alpha value is -1.00. The molecule has 0 aromatic heterocycles. The van der Waals surface area contributed by atoms with Crippen LogP contribution in [0.15, 0.2) is 29.2 Å². The summed E-state index contributed by atoms with van der Waals surface area (Å²) in [5, 5.41) is 0. The number of hydrogen-bond acceptors (Lipinski definition) is 3. The van der Waals surface area contributed by atoms with Crippen LogP contribution in [0.1, 0.15) is 18.9 Å². The van der Waals surface area contributed by atoms with E-state index in [1.165, 1.54) is 10.5 Å². The summed E-state index contributed by atoms with van der Waals surface area (Å²) in [4.78, 5) is 14.6. The van der Waals surface area contributed by atoms with Crippen LogP contribution in [0.25, 0.3) is 0 Å². The van der Waals surface area contributed by atoms with Gasteiger partial charge < -0.3 is 10.6 Å². The molecule has 0 aliphatic heterocycles. The van der Waals surface area contributed by atoms with Crippen molar-refractivity contribution >= 4 is 17.7 Å². The minimum atomic E-state index is 0.121. The second-order valence-corrected chi connectivity index (χ2v) is 5.52. The molecule has 0 spiro atoms. The van der Waals surface area contributed by atoms with Crippen molar-refractivity contribution in [2.75, 3.05) is 25.9 Å². The Labute approximate surface area is 114 Å². The summed E-state index contributed by atoms with van der Waals surface area (Å²) < 4.78 is 0. The first-order valence-corrected chi connectivity index (χ1v) is 7.31. The van der Waals surface area contributed by atoms with Crippen LogP contribution in [0.4, 0.5) is 0 Å². The highest BCUT2D eigenvalue weighted by atomic mass is 32.2. The van der Waals surface area contributed by atoms with Crippen molar-refractivity contribution in [3.63, 3.8) is 0 Å². The molecule has 1 rings (SSSR count). The average Bonchev–Trinajstić information content (AvgIpc) is 2.38. The van der Waals surface area contributed by atoms with Gasteiger partial charge in [-0.3, -0.25) is 4.79 Å². The normalized spacial score (nSPS) is 10.4. The van der Waals surface area contributed by atoms with Crippen LogP contribution in [0.3, 0.4) is 0 Å². The van der Waals surface area contributed by atoms with Crippen LogP contribution in [0.2, 0.25) is 0 Å². The zero-order valence-corrected chi connectivity index (χ0v) is 12.0. The number of hydrogen-bond donors (Lipinski definition) is 1. The summed E-state index contributed by atoms with van der Waals surface area (Å²) in [5.74, 6) is 1.21. The molecule has 0 saturated carbocycles. The van der Waals surface area contributed by atoms with Crippen LogP contribution >= 0.6 is 11.8 Å². The van der Waals surface area contributed by atoms with Gasteiger partial charge in [0.05, 0.1) is 0 Å². The summed E-state index contributed by atoms with van der Waals surface area (Å²) in [6, 6.07) is 8.56. The molecular formula is C14H22N2OS. The van der Waals surface area contributed by atoms with Crippen LogP contribution in [0, 0.1) is 0 Å². The first kappa shape index (κ1) is 15.1. The van der Waals surface area contributed by atoms with Crippen molar-refractivity contribution in [1.82, 2.24) is 4.90 Å². The molecule has 18 heavy (non-hydrogen) atoms. The third-order valence-corrected chi connectivity index (χ3v) is 3.65. The summed E-state index contributed by atoms with van der Waals surface area (Å²) in [6.45, 7) is 3.32. The maximum atomic E-state index is 11.5. The highest BCUT2D eigenvalue weighted by Gasteiger charge is 2.06. The van der Waals surface area contributed by atoms with E-state index in [0.29, 0.717) is 13.0 Å². The van der Waals surface area contributed by atoms with E-state index in [1.807, 2.05) is 18.8 Å². The molecule has 0 atom stereocenters. The number of amides is 1. The van der Waals surface area contributed by atoms with Gasteiger partial charge in [-0.15, -0.1) is 11.8 Å². The fourth-order valence-corrected chi connectivity index (χ4v) is 2.32. The van der Waals surface area contributed by atoms with Crippen molar-refractivity contribution in [2.24, 2.45) is 5.73 Å². The fraction of sp³-hybridized carbons (Fsp3) is 0.500. The lowest BCUT2D eigenvalue weighted by molar-refractivity contribution is -0.129. The van der Waals surface area contributed by atoms with Gasteiger partial charge in [-0.1, -0.05) is 19.1 Å². The molecule has 1 aromatic carbocycles. The second kappa shape index (κ2) is 8.16. The summed E-state index contributed by atoms with van der Waals surface area (Å²) in [6.07, 6.45) is 1.33. The number of carbonyl (C=O) groups excluding carboxylic acids is 1. The summed E-state index contributed by atoms with van der Waals surface area (Å²) in [5.41, 5.74) is 6.64. The van der Waals surface area contributed by atoms with E-state index in [-0.39, 0.29) is 5.91 Å². The van der Waals surface area contributed by atoms with Gasteiger partial charge in [0.25, 0.3) is 0 Å². The SMILES string of the molecule is CCSc1ccc(CCN(C)C(=O)CCN)cc1. The molecule has 4 heteroatoms. The molecule has 1 amide bonds. The first-order chi connectivity index (χ1) is 8.67. The molecule has 0 unspecified atom stereocenters. The third-order valence-electron chi connectivity index (χ3n) is 2.75. The Morgan fingerprint density at radius 2 is 2.00 bits per heavy atom. The number of carbonyl (C=O) groups is 1. The Bertz CT molecular complexity index is 365. The Balaban J connectivity index is 2.41. The van der Waals surface area contributed by atoms with E-state index in [0.717, 1.165) is 18.7 Å². The number of nitrogens with zero attached hydrogens (tertiary/aromatic N) is 1. The molecule has 2 N–H and O–H groups in total. The molecule has 0 aliphatic rings. The average molecular weight is 266 g/mol. The Morgan fingerprint density at radius 3 is 2.56 bits per heavy atom. The molecule has 1 aromatic rings. The highest BCUT2D eigenvalue weighted by Crippen LogP contribution is 2.17. The van der Waals surface area contributed by atoms with Gasteiger partial charge in [0.2, 0.25) is 5.91 Å². The molecule has 3 nitrogen and oxygen atoms in total. The predicted molar refractivity (Wildman–Crippen MR) is 77.9 cm³/mol. The van der Waals surface area contributed by atoms with Gasteiger partial charge in [0, 0.05) is 31.5 Å². The lowest BCUT2D eigenvalue weighted by atomic mass is 10.1. The number of rotatable bonds is 7. The van der Waals surface area contributed by atoms with Gasteiger partial charge in [0.1, 0.15) is 0 Å². The number of likely N-dealkylation sites (N-methyl/N-ethyl adjacent to an activating group) is 1. The van der Waals surface area contributed by atoms with Gasteiger partial charge in [-0.2, -0.15) is 0 Å². The topological polar surface area (TPSA) is 46.3 Å².